The highest BCUT2D eigenvalue weighted by atomic mass is 32.2. The normalized spacial score (nSPS) is 11.0. The number of benzene rings is 2. The number of sulfonamides is 1. The molecule has 0 bridgehead atoms. The van der Waals surface area contributed by atoms with Crippen molar-refractivity contribution in [2.45, 2.75) is 24.8 Å². The van der Waals surface area contributed by atoms with Crippen LogP contribution in [0.2, 0.25) is 0 Å². The number of esters is 1. The zero-order valence-corrected chi connectivity index (χ0v) is 16.8. The first kappa shape index (κ1) is 22.1. The molecule has 0 radical (unpaired) electrons. The smallest absolute Gasteiger partial charge is 0.321 e. The number of hydrogen-bond acceptors (Lipinski definition) is 6. The van der Waals surface area contributed by atoms with Crippen LogP contribution < -0.4 is 9.62 Å². The molecule has 0 fully saturated rings. The van der Waals surface area contributed by atoms with Gasteiger partial charge in [0.15, 0.2) is 6.61 Å². The maximum Gasteiger partial charge on any atom is 0.321 e. The molecule has 2 aromatic carbocycles. The van der Waals surface area contributed by atoms with Crippen molar-refractivity contribution in [3.63, 3.8) is 0 Å². The van der Waals surface area contributed by atoms with Crippen LogP contribution in [0.5, 0.6) is 0 Å². The molecule has 0 aromatic heterocycles. The number of anilines is 1. The largest absolute Gasteiger partial charge is 0.455 e. The highest BCUT2D eigenvalue weighted by Gasteiger charge is 2.21. The van der Waals surface area contributed by atoms with Gasteiger partial charge in [-0.05, 0) is 50.2 Å². The summed E-state index contributed by atoms with van der Waals surface area (Å²) in [5.74, 6) is -1.30. The van der Waals surface area contributed by atoms with Gasteiger partial charge in [0, 0.05) is 11.7 Å². The molecular formula is C20H21N3O5S. The second-order valence-corrected chi connectivity index (χ2v) is 8.08. The molecule has 152 valence electrons. The van der Waals surface area contributed by atoms with Crippen LogP contribution in [0.15, 0.2) is 59.5 Å². The van der Waals surface area contributed by atoms with E-state index in [0.717, 1.165) is 0 Å². The van der Waals surface area contributed by atoms with E-state index in [2.05, 4.69) is 4.72 Å². The number of rotatable bonds is 8. The van der Waals surface area contributed by atoms with E-state index in [4.69, 9.17) is 10.00 Å². The van der Waals surface area contributed by atoms with Crippen molar-refractivity contribution in [1.82, 2.24) is 4.72 Å². The van der Waals surface area contributed by atoms with Gasteiger partial charge in [0.25, 0.3) is 5.91 Å². The van der Waals surface area contributed by atoms with Crippen molar-refractivity contribution < 1.29 is 22.7 Å². The number of carbonyl (C=O) groups excluding carboxylic acids is 2. The molecule has 0 aliphatic carbocycles. The zero-order chi connectivity index (χ0) is 21.4. The van der Waals surface area contributed by atoms with E-state index in [1.165, 1.54) is 29.2 Å². The molecule has 2 rings (SSSR count). The Kier molecular flexibility index (Phi) is 7.47. The van der Waals surface area contributed by atoms with Crippen LogP contribution in [-0.2, 0) is 24.3 Å². The monoisotopic (exact) mass is 415 g/mol. The molecule has 0 unspecified atom stereocenters. The highest BCUT2D eigenvalue weighted by Crippen LogP contribution is 2.16. The van der Waals surface area contributed by atoms with Crippen molar-refractivity contribution in [2.75, 3.05) is 18.1 Å². The van der Waals surface area contributed by atoms with Crippen molar-refractivity contribution in [3.8, 4) is 6.07 Å². The molecule has 1 amide bonds. The first-order chi connectivity index (χ1) is 13.7. The molecule has 2 aromatic rings. The molecule has 0 atom stereocenters. The minimum atomic E-state index is -3.95. The van der Waals surface area contributed by atoms with E-state index in [0.29, 0.717) is 11.3 Å². The molecule has 9 heteroatoms. The summed E-state index contributed by atoms with van der Waals surface area (Å²) < 4.78 is 31.4. The summed E-state index contributed by atoms with van der Waals surface area (Å²) in [4.78, 5) is 25.8. The fourth-order valence-corrected chi connectivity index (χ4v) is 3.50. The predicted molar refractivity (Wildman–Crippen MR) is 106 cm³/mol. The highest BCUT2D eigenvalue weighted by molar-refractivity contribution is 7.89. The van der Waals surface area contributed by atoms with E-state index in [-0.39, 0.29) is 10.9 Å². The van der Waals surface area contributed by atoms with Gasteiger partial charge in [0.05, 0.1) is 16.5 Å². The maximum absolute atomic E-state index is 12.5. The summed E-state index contributed by atoms with van der Waals surface area (Å²) >= 11 is 0. The molecule has 0 saturated carbocycles. The fourth-order valence-electron chi connectivity index (χ4n) is 2.53. The minimum absolute atomic E-state index is 0.0876. The Hall–Kier alpha value is -3.22. The summed E-state index contributed by atoms with van der Waals surface area (Å²) in [6.45, 7) is 2.53. The van der Waals surface area contributed by atoms with E-state index in [1.807, 2.05) is 26.0 Å². The number of nitriles is 1. The average Bonchev–Trinajstić information content (AvgIpc) is 2.71. The number of nitrogens with zero attached hydrogens (tertiary/aromatic N) is 2. The topological polar surface area (TPSA) is 117 Å². The molecule has 8 nitrogen and oxygen atoms in total. The van der Waals surface area contributed by atoms with Crippen molar-refractivity contribution in [1.29, 1.82) is 5.26 Å². The van der Waals surface area contributed by atoms with Gasteiger partial charge in [0.2, 0.25) is 10.0 Å². The number of carbonyl (C=O) groups is 2. The Labute approximate surface area is 169 Å². The van der Waals surface area contributed by atoms with Crippen LogP contribution in [0.25, 0.3) is 0 Å². The lowest BCUT2D eigenvalue weighted by atomic mass is 10.2. The SMILES string of the molecule is CC(C)N(C(=O)COC(=O)CNS(=O)(=O)c1ccc(C#N)cc1)c1ccccc1. The Bertz CT molecular complexity index is 997. The third kappa shape index (κ3) is 6.14. The van der Waals surface area contributed by atoms with Gasteiger partial charge in [-0.15, -0.1) is 0 Å². The average molecular weight is 415 g/mol. The van der Waals surface area contributed by atoms with Gasteiger partial charge >= 0.3 is 5.97 Å². The third-order valence-electron chi connectivity index (χ3n) is 3.88. The van der Waals surface area contributed by atoms with Gasteiger partial charge in [-0.25, -0.2) is 8.42 Å². The van der Waals surface area contributed by atoms with Crippen LogP contribution in [0.1, 0.15) is 19.4 Å². The molecule has 0 heterocycles. The van der Waals surface area contributed by atoms with Crippen LogP contribution in [0.4, 0.5) is 5.69 Å². The first-order valence-corrected chi connectivity index (χ1v) is 10.3. The van der Waals surface area contributed by atoms with E-state index in [1.54, 1.807) is 24.3 Å². The number of para-hydroxylation sites is 1. The predicted octanol–water partition coefficient (Wildman–Crippen LogP) is 1.82. The lowest BCUT2D eigenvalue weighted by Crippen LogP contribution is -2.40. The van der Waals surface area contributed by atoms with Gasteiger partial charge < -0.3 is 9.64 Å². The summed E-state index contributed by atoms with van der Waals surface area (Å²) in [7, 11) is -3.95. The molecule has 29 heavy (non-hydrogen) atoms. The number of amides is 1. The van der Waals surface area contributed by atoms with E-state index in [9.17, 15) is 18.0 Å². The fraction of sp³-hybridized carbons (Fsp3) is 0.250. The Morgan fingerprint density at radius 2 is 1.72 bits per heavy atom. The summed E-state index contributed by atoms with van der Waals surface area (Å²) in [6.07, 6.45) is 0. The van der Waals surface area contributed by atoms with Gasteiger partial charge in [0.1, 0.15) is 6.54 Å². The molecular weight excluding hydrogens is 394 g/mol. The molecule has 0 saturated heterocycles. The quantitative estimate of drug-likeness (QED) is 0.658. The van der Waals surface area contributed by atoms with Crippen LogP contribution in [-0.4, -0.2) is 39.5 Å². The Balaban J connectivity index is 1.91. The summed E-state index contributed by atoms with van der Waals surface area (Å²) in [5.41, 5.74) is 0.986. The molecule has 0 spiro atoms. The second kappa shape index (κ2) is 9.82. The van der Waals surface area contributed by atoms with Crippen LogP contribution in [0.3, 0.4) is 0 Å². The lowest BCUT2D eigenvalue weighted by Gasteiger charge is -2.26. The summed E-state index contributed by atoms with van der Waals surface area (Å²) in [6, 6.07) is 15.9. The lowest BCUT2D eigenvalue weighted by molar-refractivity contribution is -0.146. The van der Waals surface area contributed by atoms with E-state index >= 15 is 0 Å². The first-order valence-electron chi connectivity index (χ1n) is 8.77. The minimum Gasteiger partial charge on any atom is -0.455 e. The summed E-state index contributed by atoms with van der Waals surface area (Å²) in [5, 5.41) is 8.75. The molecule has 1 N–H and O–H groups in total. The maximum atomic E-state index is 12.5. The van der Waals surface area contributed by atoms with Gasteiger partial charge in [-0.2, -0.15) is 9.98 Å². The van der Waals surface area contributed by atoms with Crippen molar-refractivity contribution in [2.24, 2.45) is 0 Å². The molecule has 0 aliphatic rings. The standard InChI is InChI=1S/C20H21N3O5S/c1-15(2)23(17-6-4-3-5-7-17)19(24)14-28-20(25)13-22-29(26,27)18-10-8-16(12-21)9-11-18/h3-11,15,22H,13-14H2,1-2H3. The van der Waals surface area contributed by atoms with Crippen LogP contribution in [0, 0.1) is 11.3 Å². The van der Waals surface area contributed by atoms with Crippen molar-refractivity contribution >= 4 is 27.6 Å². The van der Waals surface area contributed by atoms with Gasteiger partial charge in [-0.1, -0.05) is 18.2 Å². The van der Waals surface area contributed by atoms with Gasteiger partial charge in [-0.3, -0.25) is 9.59 Å². The molecule has 0 aliphatic heterocycles. The third-order valence-corrected chi connectivity index (χ3v) is 5.29. The Morgan fingerprint density at radius 3 is 2.28 bits per heavy atom. The van der Waals surface area contributed by atoms with Crippen LogP contribution >= 0.6 is 0 Å². The second-order valence-electron chi connectivity index (χ2n) is 6.31. The number of nitrogens with one attached hydrogen (secondary N) is 1. The number of hydrogen-bond donors (Lipinski definition) is 1. The van der Waals surface area contributed by atoms with E-state index < -0.39 is 35.1 Å². The van der Waals surface area contributed by atoms with Crippen molar-refractivity contribution in [3.05, 3.63) is 60.2 Å². The Morgan fingerprint density at radius 1 is 1.10 bits per heavy atom. The number of ether oxygens (including phenoxy) is 1. The zero-order valence-electron chi connectivity index (χ0n) is 16.0.